The number of H-pyrrole nitrogens is 1. The highest BCUT2D eigenvalue weighted by atomic mass is 16.2. The van der Waals surface area contributed by atoms with Gasteiger partial charge in [-0.1, -0.05) is 0 Å². The molecule has 0 spiro atoms. The highest BCUT2D eigenvalue weighted by Gasteiger charge is 2.39. The van der Waals surface area contributed by atoms with Crippen LogP contribution in [0.5, 0.6) is 0 Å². The minimum atomic E-state index is 0.180. The smallest absolute Gasteiger partial charge is 0.222 e. The molecule has 2 heterocycles. The van der Waals surface area contributed by atoms with E-state index in [1.165, 1.54) is 6.42 Å². The van der Waals surface area contributed by atoms with Crippen LogP contribution in [0.15, 0.2) is 12.4 Å². The SMILES string of the molecule is CN(C[C@@H]1CCN(C)C1(C)C)C(=O)CCc1cn[nH]c1. The number of carbonyl (C=O) groups excluding carboxylic acids is 1. The number of aromatic nitrogens is 2. The van der Waals surface area contributed by atoms with E-state index in [9.17, 15) is 4.79 Å². The lowest BCUT2D eigenvalue weighted by atomic mass is 9.88. The molecule has 1 aromatic rings. The maximum atomic E-state index is 12.2. The maximum Gasteiger partial charge on any atom is 0.222 e. The van der Waals surface area contributed by atoms with Gasteiger partial charge in [0.1, 0.15) is 0 Å². The van der Waals surface area contributed by atoms with Crippen molar-refractivity contribution in [3.63, 3.8) is 0 Å². The van der Waals surface area contributed by atoms with Crippen LogP contribution in [0, 0.1) is 5.92 Å². The fraction of sp³-hybridized carbons (Fsp3) is 0.733. The van der Waals surface area contributed by atoms with Gasteiger partial charge in [0.05, 0.1) is 6.20 Å². The van der Waals surface area contributed by atoms with E-state index >= 15 is 0 Å². The molecule has 1 aliphatic rings. The number of hydrogen-bond acceptors (Lipinski definition) is 3. The van der Waals surface area contributed by atoms with Crippen molar-refractivity contribution in [2.45, 2.75) is 38.6 Å². The summed E-state index contributed by atoms with van der Waals surface area (Å²) in [5, 5.41) is 6.68. The summed E-state index contributed by atoms with van der Waals surface area (Å²) < 4.78 is 0. The molecule has 1 atom stereocenters. The molecule has 1 saturated heterocycles. The Morgan fingerprint density at radius 3 is 2.90 bits per heavy atom. The quantitative estimate of drug-likeness (QED) is 0.888. The number of likely N-dealkylation sites (tertiary alicyclic amines) is 1. The Morgan fingerprint density at radius 1 is 1.60 bits per heavy atom. The Hall–Kier alpha value is -1.36. The summed E-state index contributed by atoms with van der Waals surface area (Å²) >= 11 is 0. The van der Waals surface area contributed by atoms with Crippen molar-refractivity contribution in [2.24, 2.45) is 5.92 Å². The van der Waals surface area contributed by atoms with Gasteiger partial charge in [0.15, 0.2) is 0 Å². The van der Waals surface area contributed by atoms with Crippen LogP contribution in [-0.2, 0) is 11.2 Å². The molecule has 0 aliphatic carbocycles. The average Bonchev–Trinajstić information content (AvgIpc) is 2.99. The van der Waals surface area contributed by atoms with Crippen LogP contribution in [0.25, 0.3) is 0 Å². The first-order chi connectivity index (χ1) is 9.41. The van der Waals surface area contributed by atoms with Crippen LogP contribution in [0.2, 0.25) is 0 Å². The lowest BCUT2D eigenvalue weighted by Gasteiger charge is -2.35. The first-order valence-electron chi connectivity index (χ1n) is 7.34. The van der Waals surface area contributed by atoms with Gasteiger partial charge in [0, 0.05) is 31.7 Å². The number of rotatable bonds is 5. The fourth-order valence-corrected chi connectivity index (χ4v) is 2.91. The Balaban J connectivity index is 1.82. The number of hydrogen-bond donors (Lipinski definition) is 1. The van der Waals surface area contributed by atoms with E-state index in [0.29, 0.717) is 12.3 Å². The van der Waals surface area contributed by atoms with Crippen molar-refractivity contribution in [1.82, 2.24) is 20.0 Å². The van der Waals surface area contributed by atoms with Gasteiger partial charge in [-0.3, -0.25) is 9.89 Å². The second-order valence-corrected chi connectivity index (χ2v) is 6.44. The summed E-state index contributed by atoms with van der Waals surface area (Å²) in [6.07, 6.45) is 6.11. The molecule has 0 bridgehead atoms. The molecule has 0 saturated carbocycles. The molecule has 0 aromatic carbocycles. The van der Waals surface area contributed by atoms with Crippen molar-refractivity contribution in [3.8, 4) is 0 Å². The Bertz CT molecular complexity index is 441. The fourth-order valence-electron chi connectivity index (χ4n) is 2.91. The predicted octanol–water partition coefficient (Wildman–Crippen LogP) is 1.53. The van der Waals surface area contributed by atoms with Gasteiger partial charge in [-0.15, -0.1) is 0 Å². The standard InChI is InChI=1S/C15H26N4O/c1-15(2)13(7-8-19(15)4)11-18(3)14(20)6-5-12-9-16-17-10-12/h9-10,13H,5-8,11H2,1-4H3,(H,16,17)/t13-/m0/s1. The molecule has 112 valence electrons. The zero-order chi connectivity index (χ0) is 14.8. The first kappa shape index (κ1) is 15.0. The molecule has 1 aliphatic heterocycles. The van der Waals surface area contributed by atoms with E-state index in [-0.39, 0.29) is 11.4 Å². The second-order valence-electron chi connectivity index (χ2n) is 6.44. The van der Waals surface area contributed by atoms with Gasteiger partial charge in [-0.2, -0.15) is 5.10 Å². The molecule has 1 N–H and O–H groups in total. The van der Waals surface area contributed by atoms with E-state index in [2.05, 4.69) is 36.0 Å². The summed E-state index contributed by atoms with van der Waals surface area (Å²) in [6, 6.07) is 0. The maximum absolute atomic E-state index is 12.2. The van der Waals surface area contributed by atoms with Gasteiger partial charge in [-0.05, 0) is 51.8 Å². The number of amides is 1. The highest BCUT2D eigenvalue weighted by Crippen LogP contribution is 2.33. The zero-order valence-electron chi connectivity index (χ0n) is 13.0. The van der Waals surface area contributed by atoms with Gasteiger partial charge < -0.3 is 9.80 Å². The van der Waals surface area contributed by atoms with Gasteiger partial charge in [0.2, 0.25) is 5.91 Å². The second kappa shape index (κ2) is 5.95. The van der Waals surface area contributed by atoms with E-state index in [4.69, 9.17) is 0 Å². The lowest BCUT2D eigenvalue weighted by Crippen LogP contribution is -2.44. The predicted molar refractivity (Wildman–Crippen MR) is 79.4 cm³/mol. The van der Waals surface area contributed by atoms with E-state index in [1.807, 2.05) is 18.1 Å². The molecule has 0 unspecified atom stereocenters. The molecule has 1 aromatic heterocycles. The van der Waals surface area contributed by atoms with Crippen molar-refractivity contribution in [3.05, 3.63) is 18.0 Å². The van der Waals surface area contributed by atoms with Crippen molar-refractivity contribution in [2.75, 3.05) is 27.2 Å². The number of nitrogens with one attached hydrogen (secondary N) is 1. The number of carbonyl (C=O) groups is 1. The molecular formula is C15H26N4O. The molecule has 0 radical (unpaired) electrons. The first-order valence-corrected chi connectivity index (χ1v) is 7.34. The zero-order valence-corrected chi connectivity index (χ0v) is 13.0. The molecule has 5 nitrogen and oxygen atoms in total. The molecule has 5 heteroatoms. The van der Waals surface area contributed by atoms with Crippen LogP contribution < -0.4 is 0 Å². The number of nitrogens with zero attached hydrogens (tertiary/aromatic N) is 3. The van der Waals surface area contributed by atoms with Crippen molar-refractivity contribution < 1.29 is 4.79 Å². The third kappa shape index (κ3) is 3.20. The summed E-state index contributed by atoms with van der Waals surface area (Å²) in [6.45, 7) is 6.51. The van der Waals surface area contributed by atoms with Gasteiger partial charge >= 0.3 is 0 Å². The van der Waals surface area contributed by atoms with Gasteiger partial charge in [0.25, 0.3) is 0 Å². The molecule has 2 rings (SSSR count). The summed E-state index contributed by atoms with van der Waals surface area (Å²) in [5.41, 5.74) is 1.27. The van der Waals surface area contributed by atoms with Gasteiger partial charge in [-0.25, -0.2) is 0 Å². The van der Waals surface area contributed by atoms with E-state index < -0.39 is 0 Å². The topological polar surface area (TPSA) is 52.2 Å². The van der Waals surface area contributed by atoms with Crippen molar-refractivity contribution in [1.29, 1.82) is 0 Å². The van der Waals surface area contributed by atoms with Crippen LogP contribution in [0.1, 0.15) is 32.3 Å². The Kier molecular flexibility index (Phi) is 4.48. The molecule has 1 fully saturated rings. The highest BCUT2D eigenvalue weighted by molar-refractivity contribution is 5.76. The number of aryl methyl sites for hydroxylation is 1. The third-order valence-corrected chi connectivity index (χ3v) is 4.90. The Morgan fingerprint density at radius 2 is 2.35 bits per heavy atom. The van der Waals surface area contributed by atoms with E-state index in [0.717, 1.165) is 25.1 Å². The summed E-state index contributed by atoms with van der Waals surface area (Å²) in [5.74, 6) is 0.770. The third-order valence-electron chi connectivity index (χ3n) is 4.90. The lowest BCUT2D eigenvalue weighted by molar-refractivity contribution is -0.130. The minimum Gasteiger partial charge on any atom is -0.345 e. The van der Waals surface area contributed by atoms with Crippen LogP contribution >= 0.6 is 0 Å². The van der Waals surface area contributed by atoms with Crippen LogP contribution in [0.3, 0.4) is 0 Å². The largest absolute Gasteiger partial charge is 0.345 e. The molecule has 20 heavy (non-hydrogen) atoms. The van der Waals surface area contributed by atoms with Crippen molar-refractivity contribution >= 4 is 5.91 Å². The number of aromatic amines is 1. The monoisotopic (exact) mass is 278 g/mol. The van der Waals surface area contributed by atoms with Crippen LogP contribution in [-0.4, -0.2) is 58.6 Å². The van der Waals surface area contributed by atoms with E-state index in [1.54, 1.807) is 6.20 Å². The molecule has 1 amide bonds. The Labute approximate surface area is 121 Å². The summed E-state index contributed by atoms with van der Waals surface area (Å²) in [7, 11) is 4.09. The normalized spacial score (nSPS) is 22.1. The summed E-state index contributed by atoms with van der Waals surface area (Å²) in [4.78, 5) is 16.5. The average molecular weight is 278 g/mol. The molecular weight excluding hydrogens is 252 g/mol. The minimum absolute atomic E-state index is 0.180. The van der Waals surface area contributed by atoms with Crippen LogP contribution in [0.4, 0.5) is 0 Å².